The summed E-state index contributed by atoms with van der Waals surface area (Å²) in [4.78, 5) is 40.5. The Balaban J connectivity index is 1.67. The molecule has 28 heavy (non-hydrogen) atoms. The predicted octanol–water partition coefficient (Wildman–Crippen LogP) is 3.36. The molecule has 0 unspecified atom stereocenters. The maximum absolute atomic E-state index is 12.9. The molecule has 2 aliphatic heterocycles. The van der Waals surface area contributed by atoms with Crippen LogP contribution < -0.4 is 4.90 Å². The summed E-state index contributed by atoms with van der Waals surface area (Å²) < 4.78 is 5.37. The van der Waals surface area contributed by atoms with Crippen molar-refractivity contribution in [1.82, 2.24) is 4.90 Å². The Morgan fingerprint density at radius 3 is 2.64 bits per heavy atom. The minimum atomic E-state index is -0.214. The number of rotatable bonds is 7. The third-order valence-corrected chi connectivity index (χ3v) is 6.15. The fourth-order valence-corrected chi connectivity index (χ4v) is 4.66. The van der Waals surface area contributed by atoms with Crippen LogP contribution in [0.15, 0.2) is 29.2 Å². The Kier molecular flexibility index (Phi) is 6.51. The van der Waals surface area contributed by atoms with Crippen LogP contribution in [-0.4, -0.2) is 47.2 Å². The first kappa shape index (κ1) is 20.5. The standard InChI is InChI=1S/C20H22N2O4S2/c1-3-26-15(23)11-5-4-8-12-22-19(25)17(28-20(22)27)16-13-9-6-7-10-14(13)21(2)18(16)24/h6-7,9-10H,3-5,8,11-12H2,1-2H3/b17-16-. The summed E-state index contributed by atoms with van der Waals surface area (Å²) >= 11 is 6.58. The molecule has 0 radical (unpaired) electrons. The number of thioether (sulfide) groups is 1. The van der Waals surface area contributed by atoms with Crippen molar-refractivity contribution in [2.24, 2.45) is 0 Å². The average Bonchev–Trinajstić information content (AvgIpc) is 3.09. The molecule has 2 aliphatic rings. The Morgan fingerprint density at radius 2 is 1.89 bits per heavy atom. The molecule has 2 heterocycles. The normalized spacial score (nSPS) is 18.9. The van der Waals surface area contributed by atoms with Crippen molar-refractivity contribution < 1.29 is 19.1 Å². The highest BCUT2D eigenvalue weighted by molar-refractivity contribution is 8.26. The molecule has 148 valence electrons. The molecule has 0 spiro atoms. The van der Waals surface area contributed by atoms with Gasteiger partial charge in [-0.1, -0.05) is 48.6 Å². The van der Waals surface area contributed by atoms with Gasteiger partial charge in [-0.2, -0.15) is 0 Å². The molecule has 0 bridgehead atoms. The smallest absolute Gasteiger partial charge is 0.305 e. The summed E-state index contributed by atoms with van der Waals surface area (Å²) in [6.07, 6.45) is 2.63. The third kappa shape index (κ3) is 3.98. The highest BCUT2D eigenvalue weighted by Crippen LogP contribution is 2.43. The summed E-state index contributed by atoms with van der Waals surface area (Å²) in [6.45, 7) is 2.66. The largest absolute Gasteiger partial charge is 0.466 e. The summed E-state index contributed by atoms with van der Waals surface area (Å²) in [5.74, 6) is -0.592. The zero-order chi connectivity index (χ0) is 20.3. The van der Waals surface area contributed by atoms with Gasteiger partial charge in [0.15, 0.2) is 0 Å². The van der Waals surface area contributed by atoms with E-state index in [2.05, 4.69) is 0 Å². The molecule has 1 saturated heterocycles. The lowest BCUT2D eigenvalue weighted by Gasteiger charge is -2.14. The van der Waals surface area contributed by atoms with Gasteiger partial charge in [-0.15, -0.1) is 0 Å². The van der Waals surface area contributed by atoms with Crippen molar-refractivity contribution in [3.05, 3.63) is 34.7 Å². The quantitative estimate of drug-likeness (QED) is 0.293. The molecule has 0 aromatic heterocycles. The number of nitrogens with zero attached hydrogens (tertiary/aromatic N) is 2. The molecule has 1 fully saturated rings. The van der Waals surface area contributed by atoms with Crippen LogP contribution in [-0.2, 0) is 19.1 Å². The zero-order valence-corrected chi connectivity index (χ0v) is 17.5. The number of hydrogen-bond donors (Lipinski definition) is 0. The number of likely N-dealkylation sites (N-methyl/N-ethyl adjacent to an activating group) is 1. The number of carbonyl (C=O) groups is 3. The molecule has 1 aromatic rings. The Morgan fingerprint density at radius 1 is 1.14 bits per heavy atom. The van der Waals surface area contributed by atoms with E-state index < -0.39 is 0 Å². The van der Waals surface area contributed by atoms with E-state index in [-0.39, 0.29) is 17.8 Å². The first-order valence-electron chi connectivity index (χ1n) is 9.26. The average molecular weight is 419 g/mol. The number of thiocarbonyl (C=S) groups is 1. The van der Waals surface area contributed by atoms with E-state index in [4.69, 9.17) is 17.0 Å². The van der Waals surface area contributed by atoms with Gasteiger partial charge in [0, 0.05) is 25.6 Å². The van der Waals surface area contributed by atoms with E-state index in [1.807, 2.05) is 24.3 Å². The minimum Gasteiger partial charge on any atom is -0.466 e. The lowest BCUT2D eigenvalue weighted by Crippen LogP contribution is -2.29. The highest BCUT2D eigenvalue weighted by atomic mass is 32.2. The van der Waals surface area contributed by atoms with E-state index in [0.29, 0.717) is 40.8 Å². The number of ether oxygens (including phenoxy) is 1. The molecule has 8 heteroatoms. The molecule has 0 saturated carbocycles. The van der Waals surface area contributed by atoms with Crippen LogP contribution in [0.1, 0.15) is 38.2 Å². The van der Waals surface area contributed by atoms with E-state index in [9.17, 15) is 14.4 Å². The van der Waals surface area contributed by atoms with Gasteiger partial charge >= 0.3 is 5.97 Å². The van der Waals surface area contributed by atoms with Gasteiger partial charge in [-0.05, 0) is 25.8 Å². The van der Waals surface area contributed by atoms with Gasteiger partial charge in [0.2, 0.25) is 0 Å². The predicted molar refractivity (Wildman–Crippen MR) is 114 cm³/mol. The minimum absolute atomic E-state index is 0.184. The number of benzene rings is 1. The summed E-state index contributed by atoms with van der Waals surface area (Å²) in [5.41, 5.74) is 2.00. The van der Waals surface area contributed by atoms with Gasteiger partial charge in [-0.3, -0.25) is 19.3 Å². The summed E-state index contributed by atoms with van der Waals surface area (Å²) in [6, 6.07) is 7.45. The number of carbonyl (C=O) groups excluding carboxylic acids is 3. The van der Waals surface area contributed by atoms with Crippen molar-refractivity contribution in [2.75, 3.05) is 25.1 Å². The number of fused-ring (bicyclic) bond motifs is 1. The number of unbranched alkanes of at least 4 members (excludes halogenated alkanes) is 2. The SMILES string of the molecule is CCOC(=O)CCCCCN1C(=O)/C(=C2/C(=O)N(C)c3ccccc32)SC1=S. The molecular weight excluding hydrogens is 396 g/mol. The van der Waals surface area contributed by atoms with Crippen LogP contribution in [0, 0.1) is 0 Å². The first-order chi connectivity index (χ1) is 13.5. The topological polar surface area (TPSA) is 66.9 Å². The highest BCUT2D eigenvalue weighted by Gasteiger charge is 2.40. The zero-order valence-electron chi connectivity index (χ0n) is 15.9. The van der Waals surface area contributed by atoms with E-state index in [1.54, 1.807) is 23.8 Å². The van der Waals surface area contributed by atoms with Crippen LogP contribution >= 0.6 is 24.0 Å². The second-order valence-corrected chi connectivity index (χ2v) is 8.17. The molecule has 3 rings (SSSR count). The number of para-hydroxylation sites is 1. The van der Waals surface area contributed by atoms with Crippen LogP contribution in [0.3, 0.4) is 0 Å². The first-order valence-corrected chi connectivity index (χ1v) is 10.5. The fourth-order valence-electron chi connectivity index (χ4n) is 3.28. The van der Waals surface area contributed by atoms with Crippen LogP contribution in [0.4, 0.5) is 5.69 Å². The van der Waals surface area contributed by atoms with Gasteiger partial charge < -0.3 is 9.64 Å². The van der Waals surface area contributed by atoms with Crippen molar-refractivity contribution in [1.29, 1.82) is 0 Å². The van der Waals surface area contributed by atoms with Crippen molar-refractivity contribution in [2.45, 2.75) is 32.6 Å². The third-order valence-electron chi connectivity index (χ3n) is 4.70. The molecule has 0 N–H and O–H groups in total. The summed E-state index contributed by atoms with van der Waals surface area (Å²) in [7, 11) is 1.71. The van der Waals surface area contributed by atoms with Gasteiger partial charge in [0.25, 0.3) is 11.8 Å². The van der Waals surface area contributed by atoms with Gasteiger partial charge in [-0.25, -0.2) is 0 Å². The van der Waals surface area contributed by atoms with Gasteiger partial charge in [0.05, 0.1) is 22.8 Å². The molecule has 1 aromatic carbocycles. The Hall–Kier alpha value is -2.19. The lowest BCUT2D eigenvalue weighted by molar-refractivity contribution is -0.143. The van der Waals surface area contributed by atoms with E-state index in [0.717, 1.165) is 24.1 Å². The second kappa shape index (κ2) is 8.87. The molecule has 6 nitrogen and oxygen atoms in total. The van der Waals surface area contributed by atoms with Crippen LogP contribution in [0.25, 0.3) is 5.57 Å². The Bertz CT molecular complexity index is 866. The van der Waals surface area contributed by atoms with Crippen LogP contribution in [0.2, 0.25) is 0 Å². The van der Waals surface area contributed by atoms with Crippen molar-refractivity contribution in [3.8, 4) is 0 Å². The maximum Gasteiger partial charge on any atom is 0.305 e. The monoisotopic (exact) mass is 418 g/mol. The number of anilines is 1. The fraction of sp³-hybridized carbons (Fsp3) is 0.400. The lowest BCUT2D eigenvalue weighted by atomic mass is 10.1. The second-order valence-electron chi connectivity index (χ2n) is 6.53. The summed E-state index contributed by atoms with van der Waals surface area (Å²) in [5, 5.41) is 0. The van der Waals surface area contributed by atoms with E-state index in [1.165, 1.54) is 11.8 Å². The van der Waals surface area contributed by atoms with Crippen molar-refractivity contribution >= 4 is 57.3 Å². The maximum atomic E-state index is 12.9. The van der Waals surface area contributed by atoms with E-state index >= 15 is 0 Å². The molecule has 0 atom stereocenters. The molecular formula is C20H22N2O4S2. The Labute approximate surface area is 173 Å². The van der Waals surface area contributed by atoms with Crippen LogP contribution in [0.5, 0.6) is 0 Å². The molecule has 0 aliphatic carbocycles. The number of esters is 1. The number of amides is 2. The molecule has 2 amide bonds. The van der Waals surface area contributed by atoms with Gasteiger partial charge in [0.1, 0.15) is 4.32 Å². The van der Waals surface area contributed by atoms with Crippen molar-refractivity contribution in [3.63, 3.8) is 0 Å². The number of hydrogen-bond acceptors (Lipinski definition) is 6.